The molecule has 0 saturated carbocycles. The molecular weight excluding hydrogens is 240 g/mol. The number of carbonyl (C=O) groups excluding carboxylic acids is 1. The van der Waals surface area contributed by atoms with Gasteiger partial charge in [-0.3, -0.25) is 14.4 Å². The fourth-order valence-electron chi connectivity index (χ4n) is 1.93. The van der Waals surface area contributed by atoms with E-state index in [1.54, 1.807) is 0 Å². The number of carboxylic acids is 2. The first-order valence-electron chi connectivity index (χ1n) is 5.87. The number of likely N-dealkylation sites (tertiary alicyclic amines) is 1. The molecule has 1 amide bonds. The number of rotatable bonds is 6. The molecule has 1 unspecified atom stereocenters. The van der Waals surface area contributed by atoms with Crippen LogP contribution < -0.4 is 5.73 Å². The van der Waals surface area contributed by atoms with Crippen molar-refractivity contribution >= 4 is 17.8 Å². The topological polar surface area (TPSA) is 121 Å². The molecule has 1 aliphatic heterocycles. The third-order valence-corrected chi connectivity index (χ3v) is 3.11. The summed E-state index contributed by atoms with van der Waals surface area (Å²) >= 11 is 0. The summed E-state index contributed by atoms with van der Waals surface area (Å²) in [5, 5.41) is 17.4. The van der Waals surface area contributed by atoms with Gasteiger partial charge >= 0.3 is 11.9 Å². The van der Waals surface area contributed by atoms with Gasteiger partial charge in [-0.1, -0.05) is 0 Å². The first-order valence-corrected chi connectivity index (χ1v) is 5.87. The van der Waals surface area contributed by atoms with Crippen molar-refractivity contribution in [2.24, 2.45) is 5.73 Å². The van der Waals surface area contributed by atoms with Crippen LogP contribution in [0.15, 0.2) is 0 Å². The lowest BCUT2D eigenvalue weighted by molar-refractivity contribution is -0.143. The predicted molar refractivity (Wildman–Crippen MR) is 61.9 cm³/mol. The summed E-state index contributed by atoms with van der Waals surface area (Å²) in [6.45, 7) is 0.376. The van der Waals surface area contributed by atoms with Crippen molar-refractivity contribution in [2.75, 3.05) is 13.1 Å². The molecule has 1 atom stereocenters. The number of hydrogen-bond donors (Lipinski definition) is 3. The van der Waals surface area contributed by atoms with Gasteiger partial charge in [-0.05, 0) is 19.3 Å². The zero-order valence-corrected chi connectivity index (χ0v) is 10.1. The fourth-order valence-corrected chi connectivity index (χ4v) is 1.93. The van der Waals surface area contributed by atoms with Gasteiger partial charge in [0.15, 0.2) is 0 Å². The Morgan fingerprint density at radius 2 is 1.78 bits per heavy atom. The van der Waals surface area contributed by atoms with Crippen LogP contribution in [0, 0.1) is 0 Å². The van der Waals surface area contributed by atoms with Gasteiger partial charge in [0.1, 0.15) is 5.54 Å². The van der Waals surface area contributed by atoms with Crippen LogP contribution in [0.2, 0.25) is 0 Å². The minimum atomic E-state index is -1.34. The van der Waals surface area contributed by atoms with Gasteiger partial charge in [-0.2, -0.15) is 0 Å². The summed E-state index contributed by atoms with van der Waals surface area (Å²) in [7, 11) is 0. The quantitative estimate of drug-likeness (QED) is 0.560. The molecule has 0 bridgehead atoms. The van der Waals surface area contributed by atoms with Gasteiger partial charge < -0.3 is 20.8 Å². The molecule has 0 aromatic carbocycles. The van der Waals surface area contributed by atoms with Crippen LogP contribution in [0.1, 0.15) is 32.1 Å². The second-order valence-electron chi connectivity index (χ2n) is 4.63. The Balaban J connectivity index is 2.32. The number of carboxylic acid groups (broad SMARTS) is 2. The van der Waals surface area contributed by atoms with Gasteiger partial charge in [0.2, 0.25) is 5.91 Å². The van der Waals surface area contributed by atoms with Crippen molar-refractivity contribution in [3.8, 4) is 0 Å². The highest BCUT2D eigenvalue weighted by atomic mass is 16.4. The molecule has 1 aliphatic rings. The van der Waals surface area contributed by atoms with E-state index in [0.717, 1.165) is 0 Å². The molecule has 18 heavy (non-hydrogen) atoms. The fraction of sp³-hybridized carbons (Fsp3) is 0.727. The number of amides is 1. The average molecular weight is 258 g/mol. The molecule has 1 saturated heterocycles. The molecule has 7 nitrogen and oxygen atoms in total. The molecule has 0 aliphatic carbocycles. The maximum Gasteiger partial charge on any atom is 0.325 e. The number of carbonyl (C=O) groups is 3. The highest BCUT2D eigenvalue weighted by molar-refractivity contribution is 5.83. The van der Waals surface area contributed by atoms with Crippen LogP contribution in [-0.2, 0) is 14.4 Å². The number of nitrogens with zero attached hydrogens (tertiary/aromatic N) is 1. The van der Waals surface area contributed by atoms with Crippen molar-refractivity contribution in [1.82, 2.24) is 4.90 Å². The Labute approximate surface area is 105 Å². The van der Waals surface area contributed by atoms with Crippen molar-refractivity contribution in [1.29, 1.82) is 0 Å². The number of nitrogens with two attached hydrogens (primary N) is 1. The third-order valence-electron chi connectivity index (χ3n) is 3.11. The molecule has 102 valence electrons. The Bertz CT molecular complexity index is 357. The summed E-state index contributed by atoms with van der Waals surface area (Å²) < 4.78 is 0. The van der Waals surface area contributed by atoms with E-state index in [1.807, 2.05) is 0 Å². The van der Waals surface area contributed by atoms with E-state index < -0.39 is 17.5 Å². The van der Waals surface area contributed by atoms with E-state index in [9.17, 15) is 14.4 Å². The molecule has 1 heterocycles. The molecule has 1 fully saturated rings. The summed E-state index contributed by atoms with van der Waals surface area (Å²) in [5.41, 5.74) is 4.32. The van der Waals surface area contributed by atoms with Gasteiger partial charge in [0, 0.05) is 25.9 Å². The van der Waals surface area contributed by atoms with Crippen LogP contribution in [0.5, 0.6) is 0 Å². The van der Waals surface area contributed by atoms with Crippen molar-refractivity contribution in [2.45, 2.75) is 37.6 Å². The zero-order valence-electron chi connectivity index (χ0n) is 10.1. The maximum absolute atomic E-state index is 11.7. The summed E-state index contributed by atoms with van der Waals surface area (Å²) in [6, 6.07) is 0. The smallest absolute Gasteiger partial charge is 0.325 e. The average Bonchev–Trinajstić information content (AvgIpc) is 2.68. The van der Waals surface area contributed by atoms with E-state index in [1.165, 1.54) is 4.90 Å². The maximum atomic E-state index is 11.7. The van der Waals surface area contributed by atoms with E-state index >= 15 is 0 Å². The Hall–Kier alpha value is -1.63. The van der Waals surface area contributed by atoms with E-state index in [4.69, 9.17) is 15.9 Å². The van der Waals surface area contributed by atoms with Gasteiger partial charge in [0.05, 0.1) is 0 Å². The van der Waals surface area contributed by atoms with E-state index in [2.05, 4.69) is 0 Å². The molecule has 0 aromatic heterocycles. The number of aliphatic carboxylic acids is 2. The largest absolute Gasteiger partial charge is 0.481 e. The van der Waals surface area contributed by atoms with Crippen molar-refractivity contribution in [3.63, 3.8) is 0 Å². The van der Waals surface area contributed by atoms with E-state index in [-0.39, 0.29) is 31.7 Å². The first kappa shape index (κ1) is 14.4. The van der Waals surface area contributed by atoms with Gasteiger partial charge in [0.25, 0.3) is 0 Å². The normalized spacial score (nSPS) is 23.1. The molecular formula is C11H18N2O5. The summed E-state index contributed by atoms with van der Waals surface area (Å²) in [6.07, 6.45) is 1.48. The standard InChI is InChI=1S/C11H18N2O5/c12-11(10(17)18)5-6-13(7-11)8(14)3-1-2-4-9(15)16/h1-7,12H2,(H,15,16)(H,17,18). The van der Waals surface area contributed by atoms with Crippen molar-refractivity contribution < 1.29 is 24.6 Å². The summed E-state index contributed by atoms with van der Waals surface area (Å²) in [4.78, 5) is 34.4. The molecule has 0 aromatic rings. The van der Waals surface area contributed by atoms with Gasteiger partial charge in [-0.25, -0.2) is 0 Å². The van der Waals surface area contributed by atoms with Crippen LogP contribution >= 0.6 is 0 Å². The van der Waals surface area contributed by atoms with Crippen molar-refractivity contribution in [3.05, 3.63) is 0 Å². The monoisotopic (exact) mass is 258 g/mol. The molecule has 4 N–H and O–H groups in total. The lowest BCUT2D eigenvalue weighted by Crippen LogP contribution is -2.50. The predicted octanol–water partition coefficient (Wildman–Crippen LogP) is -0.354. The van der Waals surface area contributed by atoms with Crippen LogP contribution in [0.25, 0.3) is 0 Å². The van der Waals surface area contributed by atoms with Crippen LogP contribution in [0.4, 0.5) is 0 Å². The second kappa shape index (κ2) is 5.81. The van der Waals surface area contributed by atoms with E-state index in [0.29, 0.717) is 19.4 Å². The van der Waals surface area contributed by atoms with Gasteiger partial charge in [-0.15, -0.1) is 0 Å². The second-order valence-corrected chi connectivity index (χ2v) is 4.63. The molecule has 0 radical (unpaired) electrons. The third kappa shape index (κ3) is 3.69. The first-order chi connectivity index (χ1) is 8.35. The highest BCUT2D eigenvalue weighted by Crippen LogP contribution is 2.20. The van der Waals surface area contributed by atoms with Crippen LogP contribution in [0.3, 0.4) is 0 Å². The zero-order chi connectivity index (χ0) is 13.8. The lowest BCUT2D eigenvalue weighted by Gasteiger charge is -2.20. The van der Waals surface area contributed by atoms with Crippen LogP contribution in [-0.4, -0.2) is 51.6 Å². The molecule has 0 spiro atoms. The molecule has 7 heteroatoms. The lowest BCUT2D eigenvalue weighted by atomic mass is 10.0. The highest BCUT2D eigenvalue weighted by Gasteiger charge is 2.42. The minimum absolute atomic E-state index is 0.0279. The Morgan fingerprint density at radius 1 is 1.17 bits per heavy atom. The number of unbranched alkanes of at least 4 members (excludes halogenated alkanes) is 1. The Kier molecular flexibility index (Phi) is 4.66. The number of hydrogen-bond acceptors (Lipinski definition) is 4. The SMILES string of the molecule is NC1(C(=O)O)CCN(C(=O)CCCCC(=O)O)C1. The minimum Gasteiger partial charge on any atom is -0.481 e. The Morgan fingerprint density at radius 3 is 2.28 bits per heavy atom. The molecule has 1 rings (SSSR count). The summed E-state index contributed by atoms with van der Waals surface area (Å²) in [5.74, 6) is -2.13.